The number of fused-ring (bicyclic) bond motifs is 4. The Kier molecular flexibility index (Phi) is 4.22. The number of ether oxygens (including phenoxy) is 1. The number of rotatable bonds is 2. The Bertz CT molecular complexity index is 1440. The number of hydrogen-bond acceptors (Lipinski definition) is 5. The molecule has 0 amide bonds. The average molecular weight is 517 g/mol. The highest BCUT2D eigenvalue weighted by Crippen LogP contribution is 2.36. The molecule has 0 N–H and O–H groups in total. The lowest BCUT2D eigenvalue weighted by molar-refractivity contribution is 0.415. The number of halogens is 2. The average Bonchev–Trinajstić information content (AvgIpc) is 3.13. The molecule has 3 heterocycles. The lowest BCUT2D eigenvalue weighted by atomic mass is 10.1. The van der Waals surface area contributed by atoms with E-state index in [0.717, 1.165) is 36.0 Å². The highest BCUT2D eigenvalue weighted by atomic mass is 79.9. The van der Waals surface area contributed by atoms with Crippen LogP contribution in [0.15, 0.2) is 61.8 Å². The molecule has 28 heavy (non-hydrogen) atoms. The SMILES string of the molecule is COc1ccc(-c2csc3ncn4c(=O)c5cc(Br)cc(Br)c5nc4c23)cc1. The van der Waals surface area contributed by atoms with Gasteiger partial charge in [-0.05, 0) is 45.8 Å². The van der Waals surface area contributed by atoms with Crippen molar-refractivity contribution in [3.63, 3.8) is 0 Å². The van der Waals surface area contributed by atoms with Crippen LogP contribution in [0.5, 0.6) is 5.75 Å². The van der Waals surface area contributed by atoms with Crippen LogP contribution >= 0.6 is 43.2 Å². The molecule has 0 radical (unpaired) electrons. The van der Waals surface area contributed by atoms with Crippen molar-refractivity contribution in [1.29, 1.82) is 0 Å². The molecule has 0 bridgehead atoms. The van der Waals surface area contributed by atoms with Crippen molar-refractivity contribution in [1.82, 2.24) is 14.4 Å². The highest BCUT2D eigenvalue weighted by Gasteiger charge is 2.16. The van der Waals surface area contributed by atoms with E-state index in [9.17, 15) is 4.79 Å². The second kappa shape index (κ2) is 6.65. The second-order valence-electron chi connectivity index (χ2n) is 6.20. The van der Waals surface area contributed by atoms with E-state index in [1.54, 1.807) is 19.5 Å². The summed E-state index contributed by atoms with van der Waals surface area (Å²) in [7, 11) is 1.64. The third-order valence-electron chi connectivity index (χ3n) is 4.61. The third-order valence-corrected chi connectivity index (χ3v) is 6.56. The van der Waals surface area contributed by atoms with Crippen molar-refractivity contribution in [2.24, 2.45) is 0 Å². The van der Waals surface area contributed by atoms with Crippen molar-refractivity contribution in [2.75, 3.05) is 7.11 Å². The maximum atomic E-state index is 13.1. The molecule has 0 aliphatic rings. The summed E-state index contributed by atoms with van der Waals surface area (Å²) in [4.78, 5) is 23.3. The van der Waals surface area contributed by atoms with Crippen LogP contribution in [0.4, 0.5) is 0 Å². The number of aromatic nitrogens is 3. The van der Waals surface area contributed by atoms with E-state index in [0.29, 0.717) is 16.6 Å². The molecule has 138 valence electrons. The van der Waals surface area contributed by atoms with Crippen LogP contribution < -0.4 is 10.3 Å². The molecule has 0 spiro atoms. The zero-order chi connectivity index (χ0) is 19.4. The minimum atomic E-state index is -0.150. The zero-order valence-corrected chi connectivity index (χ0v) is 18.4. The van der Waals surface area contributed by atoms with E-state index in [2.05, 4.69) is 36.8 Å². The highest BCUT2D eigenvalue weighted by molar-refractivity contribution is 9.11. The van der Waals surface area contributed by atoms with Crippen LogP contribution in [-0.2, 0) is 0 Å². The maximum Gasteiger partial charge on any atom is 0.267 e. The van der Waals surface area contributed by atoms with Crippen molar-refractivity contribution in [2.45, 2.75) is 0 Å². The molecule has 0 unspecified atom stereocenters. The minimum Gasteiger partial charge on any atom is -0.497 e. The van der Waals surface area contributed by atoms with Crippen molar-refractivity contribution < 1.29 is 4.74 Å². The Morgan fingerprint density at radius 2 is 1.93 bits per heavy atom. The first-order valence-electron chi connectivity index (χ1n) is 8.28. The third kappa shape index (κ3) is 2.67. The first-order chi connectivity index (χ1) is 13.6. The number of thiophene rings is 1. The van der Waals surface area contributed by atoms with Gasteiger partial charge in [0.1, 0.15) is 16.9 Å². The molecule has 0 saturated heterocycles. The molecule has 5 rings (SSSR count). The van der Waals surface area contributed by atoms with Gasteiger partial charge < -0.3 is 4.74 Å². The second-order valence-corrected chi connectivity index (χ2v) is 8.83. The Balaban J connectivity index is 1.91. The van der Waals surface area contributed by atoms with Crippen LogP contribution in [0.25, 0.3) is 37.9 Å². The Morgan fingerprint density at radius 3 is 2.68 bits per heavy atom. The molecule has 0 fully saturated rings. The van der Waals surface area contributed by atoms with Gasteiger partial charge in [0.05, 0.1) is 23.4 Å². The predicted octanol–water partition coefficient (Wildman–Crippen LogP) is 5.66. The summed E-state index contributed by atoms with van der Waals surface area (Å²) < 4.78 is 8.35. The number of methoxy groups -OCH3 is 1. The van der Waals surface area contributed by atoms with Gasteiger partial charge in [-0.1, -0.05) is 28.1 Å². The summed E-state index contributed by atoms with van der Waals surface area (Å²) in [5.74, 6) is 0.793. The predicted molar refractivity (Wildman–Crippen MR) is 120 cm³/mol. The van der Waals surface area contributed by atoms with E-state index < -0.39 is 0 Å². The van der Waals surface area contributed by atoms with Crippen LogP contribution in [0.1, 0.15) is 0 Å². The summed E-state index contributed by atoms with van der Waals surface area (Å²) in [6.07, 6.45) is 1.55. The fourth-order valence-corrected chi connectivity index (χ4v) is 5.49. The molecule has 2 aromatic carbocycles. The van der Waals surface area contributed by atoms with E-state index in [1.165, 1.54) is 15.7 Å². The summed E-state index contributed by atoms with van der Waals surface area (Å²) in [5.41, 5.74) is 3.09. The van der Waals surface area contributed by atoms with Gasteiger partial charge in [0.2, 0.25) is 0 Å². The molecule has 5 nitrogen and oxygen atoms in total. The molecule has 3 aromatic heterocycles. The molecule has 0 saturated carbocycles. The fraction of sp³-hybridized carbons (Fsp3) is 0.0500. The summed E-state index contributed by atoms with van der Waals surface area (Å²) >= 11 is 8.51. The van der Waals surface area contributed by atoms with Crippen LogP contribution in [0, 0.1) is 0 Å². The standard InChI is InChI=1S/C20H11Br2N3O2S/c1-27-12-4-2-10(3-5-12)14-8-28-19-16(14)18-24-17-13(6-11(21)7-15(17)22)20(26)25(18)9-23-19/h2-9H,1H3. The number of nitrogens with zero attached hydrogens (tertiary/aromatic N) is 3. The van der Waals surface area contributed by atoms with Gasteiger partial charge in [0.15, 0.2) is 5.65 Å². The van der Waals surface area contributed by atoms with Gasteiger partial charge in [-0.3, -0.25) is 4.79 Å². The first-order valence-corrected chi connectivity index (χ1v) is 10.7. The quantitative estimate of drug-likeness (QED) is 0.284. The lowest BCUT2D eigenvalue weighted by Crippen LogP contribution is -2.16. The summed E-state index contributed by atoms with van der Waals surface area (Å²) in [6, 6.07) is 11.5. The molecule has 5 aromatic rings. The van der Waals surface area contributed by atoms with Crippen molar-refractivity contribution in [3.8, 4) is 16.9 Å². The van der Waals surface area contributed by atoms with Crippen LogP contribution in [0.3, 0.4) is 0 Å². The molecule has 8 heteroatoms. The van der Waals surface area contributed by atoms with Gasteiger partial charge >= 0.3 is 0 Å². The van der Waals surface area contributed by atoms with Crippen molar-refractivity contribution >= 4 is 70.0 Å². The lowest BCUT2D eigenvalue weighted by Gasteiger charge is -2.08. The summed E-state index contributed by atoms with van der Waals surface area (Å²) in [6.45, 7) is 0. The maximum absolute atomic E-state index is 13.1. The molecular formula is C20H11Br2N3O2S. The van der Waals surface area contributed by atoms with Gasteiger partial charge in [-0.25, -0.2) is 14.4 Å². The van der Waals surface area contributed by atoms with Crippen LogP contribution in [-0.4, -0.2) is 21.5 Å². The normalized spacial score (nSPS) is 11.5. The molecule has 0 atom stereocenters. The topological polar surface area (TPSA) is 56.5 Å². The fourth-order valence-electron chi connectivity index (χ4n) is 3.26. The van der Waals surface area contributed by atoms with Crippen molar-refractivity contribution in [3.05, 3.63) is 67.4 Å². The Hall–Kier alpha value is -2.29. The molecule has 0 aliphatic heterocycles. The Morgan fingerprint density at radius 1 is 1.14 bits per heavy atom. The molecular weight excluding hydrogens is 506 g/mol. The first kappa shape index (κ1) is 17.8. The van der Waals surface area contributed by atoms with Gasteiger partial charge in [-0.2, -0.15) is 0 Å². The molecule has 0 aliphatic carbocycles. The zero-order valence-electron chi connectivity index (χ0n) is 14.4. The van der Waals surface area contributed by atoms with E-state index in [-0.39, 0.29) is 5.56 Å². The van der Waals surface area contributed by atoms with E-state index in [1.807, 2.05) is 35.7 Å². The largest absolute Gasteiger partial charge is 0.497 e. The Labute approximate surface area is 179 Å². The smallest absolute Gasteiger partial charge is 0.267 e. The van der Waals surface area contributed by atoms with Crippen LogP contribution in [0.2, 0.25) is 0 Å². The van der Waals surface area contributed by atoms with E-state index >= 15 is 0 Å². The van der Waals surface area contributed by atoms with E-state index in [4.69, 9.17) is 9.72 Å². The van der Waals surface area contributed by atoms with Gasteiger partial charge in [0, 0.05) is 19.9 Å². The van der Waals surface area contributed by atoms with Gasteiger partial charge in [-0.15, -0.1) is 11.3 Å². The van der Waals surface area contributed by atoms with Gasteiger partial charge in [0.25, 0.3) is 5.56 Å². The monoisotopic (exact) mass is 515 g/mol. The number of benzene rings is 2. The number of hydrogen-bond donors (Lipinski definition) is 0. The summed E-state index contributed by atoms with van der Waals surface area (Å²) in [5, 5.41) is 3.44. The minimum absolute atomic E-state index is 0.150.